The van der Waals surface area contributed by atoms with Gasteiger partial charge < -0.3 is 24.5 Å². The number of carbonyl (C=O) groups is 2. The minimum Gasteiger partial charge on any atom is -0.475 e. The van der Waals surface area contributed by atoms with E-state index in [2.05, 4.69) is 25.6 Å². The van der Waals surface area contributed by atoms with Gasteiger partial charge in [0.15, 0.2) is 0 Å². The molecule has 0 fully saturated rings. The van der Waals surface area contributed by atoms with E-state index in [1.54, 1.807) is 53.7 Å². The average Bonchev–Trinajstić information content (AvgIpc) is 3.43. The molecule has 12 nitrogen and oxygen atoms in total. The van der Waals surface area contributed by atoms with E-state index in [4.69, 9.17) is 24.2 Å². The number of halogens is 1. The Kier molecular flexibility index (Phi) is 10.1. The SMILES string of the molecule is Cc1cccc(-c2[nH]c(Cc3cccc(NC(=O)OC(C)(C)C)c3F)nc2-c2ccc3ncc(OCCNC(=O)OC(C)(C)C)nc3c2)n1. The number of pyridine rings is 1. The molecule has 0 radical (unpaired) electrons. The molecule has 0 bridgehead atoms. The summed E-state index contributed by atoms with van der Waals surface area (Å²) < 4.78 is 31.9. The number of imidazole rings is 1. The highest BCUT2D eigenvalue weighted by Crippen LogP contribution is 2.32. The molecule has 0 aliphatic heterocycles. The molecule has 2 amide bonds. The lowest BCUT2D eigenvalue weighted by Gasteiger charge is -2.20. The van der Waals surface area contributed by atoms with Crippen LogP contribution in [0.4, 0.5) is 19.7 Å². The van der Waals surface area contributed by atoms with E-state index < -0.39 is 29.2 Å². The fraction of sp³-hybridized carbons (Fsp3) is 0.333. The summed E-state index contributed by atoms with van der Waals surface area (Å²) in [7, 11) is 0. The maximum Gasteiger partial charge on any atom is 0.412 e. The third-order valence-electron chi connectivity index (χ3n) is 6.78. The topological polar surface area (TPSA) is 153 Å². The second-order valence-corrected chi connectivity index (χ2v) is 13.3. The first kappa shape index (κ1) is 34.7. The van der Waals surface area contributed by atoms with Gasteiger partial charge in [0.2, 0.25) is 5.88 Å². The third kappa shape index (κ3) is 9.49. The Hall–Kier alpha value is -5.59. The molecule has 0 saturated carbocycles. The third-order valence-corrected chi connectivity index (χ3v) is 6.78. The lowest BCUT2D eigenvalue weighted by Crippen LogP contribution is -2.34. The Bertz CT molecular complexity index is 1980. The van der Waals surface area contributed by atoms with Crippen LogP contribution in [0.5, 0.6) is 5.88 Å². The molecule has 0 aliphatic rings. The summed E-state index contributed by atoms with van der Waals surface area (Å²) in [6, 6.07) is 16.0. The summed E-state index contributed by atoms with van der Waals surface area (Å²) in [5.74, 6) is 0.188. The molecule has 3 aromatic heterocycles. The monoisotopic (exact) mass is 669 g/mol. The maximum atomic E-state index is 15.6. The molecule has 13 heteroatoms. The number of alkyl carbamates (subject to hydrolysis) is 1. The Morgan fingerprint density at radius 3 is 2.35 bits per heavy atom. The number of aryl methyl sites for hydroxylation is 1. The van der Waals surface area contributed by atoms with E-state index in [9.17, 15) is 9.59 Å². The molecular formula is C36H40FN7O5. The summed E-state index contributed by atoms with van der Waals surface area (Å²) >= 11 is 0. The van der Waals surface area contributed by atoms with Crippen LogP contribution in [0.25, 0.3) is 33.7 Å². The number of rotatable bonds is 9. The predicted molar refractivity (Wildman–Crippen MR) is 184 cm³/mol. The van der Waals surface area contributed by atoms with Gasteiger partial charge in [-0.3, -0.25) is 10.3 Å². The van der Waals surface area contributed by atoms with Crippen molar-refractivity contribution in [3.8, 4) is 28.5 Å². The molecule has 5 rings (SSSR count). The van der Waals surface area contributed by atoms with Crippen molar-refractivity contribution in [1.82, 2.24) is 30.2 Å². The van der Waals surface area contributed by atoms with Gasteiger partial charge in [0, 0.05) is 17.7 Å². The Morgan fingerprint density at radius 2 is 1.61 bits per heavy atom. The number of aromatic amines is 1. The summed E-state index contributed by atoms with van der Waals surface area (Å²) in [5, 5.41) is 5.14. The van der Waals surface area contributed by atoms with Crippen molar-refractivity contribution in [2.24, 2.45) is 0 Å². The largest absolute Gasteiger partial charge is 0.475 e. The number of anilines is 1. The molecule has 2 aromatic carbocycles. The van der Waals surface area contributed by atoms with Gasteiger partial charge in [0.25, 0.3) is 0 Å². The van der Waals surface area contributed by atoms with Crippen LogP contribution in [0, 0.1) is 12.7 Å². The van der Waals surface area contributed by atoms with Crippen molar-refractivity contribution >= 4 is 28.9 Å². The van der Waals surface area contributed by atoms with E-state index in [1.807, 2.05) is 43.3 Å². The predicted octanol–water partition coefficient (Wildman–Crippen LogP) is 7.37. The number of carbonyl (C=O) groups excluding carboxylic acids is 2. The van der Waals surface area contributed by atoms with Crippen molar-refractivity contribution in [3.63, 3.8) is 0 Å². The average molecular weight is 670 g/mol. The Labute approximate surface area is 283 Å². The van der Waals surface area contributed by atoms with Crippen LogP contribution in [-0.2, 0) is 15.9 Å². The van der Waals surface area contributed by atoms with Gasteiger partial charge in [-0.2, -0.15) is 0 Å². The maximum absolute atomic E-state index is 15.6. The number of ether oxygens (including phenoxy) is 3. The molecule has 49 heavy (non-hydrogen) atoms. The summed E-state index contributed by atoms with van der Waals surface area (Å²) in [6.07, 6.45) is 0.347. The van der Waals surface area contributed by atoms with Crippen LogP contribution < -0.4 is 15.4 Å². The van der Waals surface area contributed by atoms with E-state index in [1.165, 1.54) is 12.3 Å². The van der Waals surface area contributed by atoms with Crippen molar-refractivity contribution < 1.29 is 28.2 Å². The van der Waals surface area contributed by atoms with Gasteiger partial charge in [-0.25, -0.2) is 28.9 Å². The summed E-state index contributed by atoms with van der Waals surface area (Å²) in [4.78, 5) is 46.3. The molecule has 0 aliphatic carbocycles. The van der Waals surface area contributed by atoms with Crippen LogP contribution in [0.15, 0.2) is 60.8 Å². The zero-order chi connectivity index (χ0) is 35.3. The van der Waals surface area contributed by atoms with E-state index in [0.717, 1.165) is 11.3 Å². The molecular weight excluding hydrogens is 629 g/mol. The highest BCUT2D eigenvalue weighted by molar-refractivity contribution is 5.86. The quantitative estimate of drug-likeness (QED) is 0.137. The van der Waals surface area contributed by atoms with Crippen LogP contribution in [0.3, 0.4) is 0 Å². The minimum atomic E-state index is -0.748. The molecule has 0 unspecified atom stereocenters. The summed E-state index contributed by atoms with van der Waals surface area (Å²) in [5.41, 5.74) is 3.66. The molecule has 0 saturated heterocycles. The van der Waals surface area contributed by atoms with E-state index in [-0.39, 0.29) is 31.1 Å². The van der Waals surface area contributed by atoms with Gasteiger partial charge in [-0.15, -0.1) is 0 Å². The standard InChI is InChI=1S/C36H40FN7O5/c1-21-10-8-13-26(40-21)32-31(43-28(44-32)19-22-11-9-12-25(30(22)37)42-34(46)49-36(5,6)7)23-14-15-24-27(18-23)41-29(20-39-24)47-17-16-38-33(45)48-35(2,3)4/h8-15,18,20H,16-17,19H2,1-7H3,(H,38,45)(H,42,46)(H,43,44). The van der Waals surface area contributed by atoms with Gasteiger partial charge in [-0.05, 0) is 84.4 Å². The van der Waals surface area contributed by atoms with Crippen molar-refractivity contribution in [3.05, 3.63) is 83.7 Å². The molecule has 0 spiro atoms. The Morgan fingerprint density at radius 1 is 0.878 bits per heavy atom. The van der Waals surface area contributed by atoms with Crippen LogP contribution in [0.1, 0.15) is 58.6 Å². The van der Waals surface area contributed by atoms with Gasteiger partial charge in [0.1, 0.15) is 29.5 Å². The minimum absolute atomic E-state index is 0.00542. The fourth-order valence-electron chi connectivity index (χ4n) is 4.82. The number of nitrogens with one attached hydrogen (secondary N) is 3. The van der Waals surface area contributed by atoms with Gasteiger partial charge >= 0.3 is 12.2 Å². The Balaban J connectivity index is 1.41. The second-order valence-electron chi connectivity index (χ2n) is 13.3. The number of amides is 2. The molecule has 3 N–H and O–H groups in total. The zero-order valence-electron chi connectivity index (χ0n) is 28.6. The van der Waals surface area contributed by atoms with Crippen LogP contribution in [-0.4, -0.2) is 61.5 Å². The number of nitrogens with zero attached hydrogens (tertiary/aromatic N) is 4. The molecule has 3 heterocycles. The normalized spacial score (nSPS) is 11.7. The van der Waals surface area contributed by atoms with Crippen LogP contribution in [0.2, 0.25) is 0 Å². The first-order valence-electron chi connectivity index (χ1n) is 15.8. The van der Waals surface area contributed by atoms with Crippen molar-refractivity contribution in [2.75, 3.05) is 18.5 Å². The van der Waals surface area contributed by atoms with Crippen LogP contribution >= 0.6 is 0 Å². The smallest absolute Gasteiger partial charge is 0.412 e. The van der Waals surface area contributed by atoms with Crippen molar-refractivity contribution in [1.29, 1.82) is 0 Å². The number of fused-ring (bicyclic) bond motifs is 1. The first-order chi connectivity index (χ1) is 23.1. The number of aromatic nitrogens is 5. The number of hydrogen-bond donors (Lipinski definition) is 3. The van der Waals surface area contributed by atoms with Gasteiger partial charge in [0.05, 0.1) is 46.5 Å². The highest BCUT2D eigenvalue weighted by atomic mass is 19.1. The molecule has 0 atom stereocenters. The zero-order valence-corrected chi connectivity index (χ0v) is 28.6. The second kappa shape index (κ2) is 14.3. The lowest BCUT2D eigenvalue weighted by atomic mass is 10.1. The molecule has 256 valence electrons. The first-order valence-corrected chi connectivity index (χ1v) is 15.8. The van der Waals surface area contributed by atoms with Crippen molar-refractivity contribution in [2.45, 2.75) is 66.1 Å². The number of hydrogen-bond acceptors (Lipinski definition) is 9. The highest BCUT2D eigenvalue weighted by Gasteiger charge is 2.21. The lowest BCUT2D eigenvalue weighted by molar-refractivity contribution is 0.0518. The molecule has 5 aromatic rings. The van der Waals surface area contributed by atoms with E-state index in [0.29, 0.717) is 39.5 Å². The number of H-pyrrole nitrogens is 1. The fourth-order valence-corrected chi connectivity index (χ4v) is 4.82. The van der Waals surface area contributed by atoms with E-state index >= 15 is 4.39 Å². The summed E-state index contributed by atoms with van der Waals surface area (Å²) in [6.45, 7) is 12.9. The number of benzene rings is 2. The van der Waals surface area contributed by atoms with Gasteiger partial charge in [-0.1, -0.05) is 24.3 Å².